The highest BCUT2D eigenvalue weighted by Crippen LogP contribution is 2.57. The molecule has 2 saturated heterocycles. The number of hydrogen-bond donors (Lipinski definition) is 2. The number of piperidine rings is 1. The van der Waals surface area contributed by atoms with Crippen LogP contribution in [0.2, 0.25) is 0 Å². The lowest BCUT2D eigenvalue weighted by molar-refractivity contribution is -0.160. The molecule has 2 bridgehead atoms. The molecule has 2 heterocycles. The van der Waals surface area contributed by atoms with Gasteiger partial charge in [-0.2, -0.15) is 0 Å². The highest BCUT2D eigenvalue weighted by molar-refractivity contribution is 5.74. The molecule has 0 spiro atoms. The molecule has 6 atom stereocenters. The number of rotatable bonds is 4. The van der Waals surface area contributed by atoms with Gasteiger partial charge in [0.2, 0.25) is 5.91 Å². The second-order valence-corrected chi connectivity index (χ2v) is 9.91. The number of hydrogen-bond acceptors (Lipinski definition) is 5. The third-order valence-electron chi connectivity index (χ3n) is 7.95. The second-order valence-electron chi connectivity index (χ2n) is 9.91. The number of ether oxygens (including phenoxy) is 3. The summed E-state index contributed by atoms with van der Waals surface area (Å²) in [6, 6.07) is 6.39. The fourth-order valence-electron chi connectivity index (χ4n) is 6.62. The van der Waals surface area contributed by atoms with Gasteiger partial charge in [-0.3, -0.25) is 4.79 Å². The Morgan fingerprint density at radius 2 is 1.87 bits per heavy atom. The second kappa shape index (κ2) is 7.72. The van der Waals surface area contributed by atoms with Crippen molar-refractivity contribution >= 4 is 5.91 Å². The van der Waals surface area contributed by atoms with Gasteiger partial charge in [-0.1, -0.05) is 6.07 Å². The molecule has 3 aliphatic rings. The van der Waals surface area contributed by atoms with E-state index in [9.17, 15) is 4.79 Å². The molecule has 1 aromatic carbocycles. The zero-order chi connectivity index (χ0) is 21.7. The maximum absolute atomic E-state index is 12.4. The van der Waals surface area contributed by atoms with Crippen molar-refractivity contribution in [2.75, 3.05) is 20.8 Å². The fourth-order valence-corrected chi connectivity index (χ4v) is 6.62. The van der Waals surface area contributed by atoms with Gasteiger partial charge < -0.3 is 24.8 Å². The third kappa shape index (κ3) is 3.38. The van der Waals surface area contributed by atoms with E-state index in [1.54, 1.807) is 21.1 Å². The largest absolute Gasteiger partial charge is 0.493 e. The SMILES string of the molecule is COc1ccc([C@@H]2OCC[C@]3(NC(C)=O)C4CC(C[C@@H]23)C(C)(C)N[C@@H]4C)cc1OC. The van der Waals surface area contributed by atoms with E-state index >= 15 is 0 Å². The summed E-state index contributed by atoms with van der Waals surface area (Å²) in [5, 5.41) is 7.29. The van der Waals surface area contributed by atoms with Crippen LogP contribution in [0, 0.1) is 17.8 Å². The Labute approximate surface area is 180 Å². The number of amides is 1. The summed E-state index contributed by atoms with van der Waals surface area (Å²) in [4.78, 5) is 12.4. The van der Waals surface area contributed by atoms with Gasteiger partial charge in [0.1, 0.15) is 0 Å². The summed E-state index contributed by atoms with van der Waals surface area (Å²) in [6.07, 6.45) is 2.92. The predicted octanol–water partition coefficient (Wildman–Crippen LogP) is 3.45. The quantitative estimate of drug-likeness (QED) is 0.787. The van der Waals surface area contributed by atoms with Gasteiger partial charge in [-0.25, -0.2) is 0 Å². The number of methoxy groups -OCH3 is 2. The Bertz CT molecular complexity index is 810. The normalized spacial score (nSPS) is 37.1. The molecule has 1 aliphatic carbocycles. The molecule has 2 unspecified atom stereocenters. The van der Waals surface area contributed by atoms with Crippen LogP contribution in [0.15, 0.2) is 18.2 Å². The molecule has 0 radical (unpaired) electrons. The van der Waals surface area contributed by atoms with Gasteiger partial charge in [-0.15, -0.1) is 0 Å². The van der Waals surface area contributed by atoms with Crippen LogP contribution in [0.1, 0.15) is 58.6 Å². The number of nitrogens with one attached hydrogen (secondary N) is 2. The van der Waals surface area contributed by atoms with Crippen molar-refractivity contribution in [2.45, 2.75) is 70.2 Å². The van der Waals surface area contributed by atoms with E-state index < -0.39 is 0 Å². The van der Waals surface area contributed by atoms with E-state index in [0.717, 1.165) is 24.8 Å². The summed E-state index contributed by atoms with van der Waals surface area (Å²) >= 11 is 0. The molecule has 6 nitrogen and oxygen atoms in total. The molecule has 166 valence electrons. The van der Waals surface area contributed by atoms with Crippen LogP contribution in [0.25, 0.3) is 0 Å². The molecule has 0 aromatic heterocycles. The number of benzene rings is 1. The lowest BCUT2D eigenvalue weighted by Gasteiger charge is -2.63. The summed E-state index contributed by atoms with van der Waals surface area (Å²) in [6.45, 7) is 9.17. The molecule has 1 amide bonds. The van der Waals surface area contributed by atoms with Crippen molar-refractivity contribution in [3.05, 3.63) is 23.8 Å². The number of carbonyl (C=O) groups excluding carboxylic acids is 1. The first-order chi connectivity index (χ1) is 14.2. The Morgan fingerprint density at radius 3 is 2.53 bits per heavy atom. The van der Waals surface area contributed by atoms with Crippen LogP contribution in [-0.4, -0.2) is 43.9 Å². The first-order valence-corrected chi connectivity index (χ1v) is 11.1. The maximum atomic E-state index is 12.4. The number of fused-ring (bicyclic) bond motifs is 4. The molecule has 2 aliphatic heterocycles. The van der Waals surface area contributed by atoms with Gasteiger partial charge >= 0.3 is 0 Å². The van der Waals surface area contributed by atoms with Crippen LogP contribution >= 0.6 is 0 Å². The highest BCUT2D eigenvalue weighted by atomic mass is 16.5. The van der Waals surface area contributed by atoms with Crippen molar-refractivity contribution in [1.29, 1.82) is 0 Å². The van der Waals surface area contributed by atoms with Crippen LogP contribution in [0.5, 0.6) is 11.5 Å². The zero-order valence-corrected chi connectivity index (χ0v) is 19.1. The van der Waals surface area contributed by atoms with E-state index in [1.165, 1.54) is 0 Å². The van der Waals surface area contributed by atoms with E-state index in [4.69, 9.17) is 14.2 Å². The Hall–Kier alpha value is -1.79. The van der Waals surface area contributed by atoms with E-state index in [0.29, 0.717) is 36.0 Å². The first-order valence-electron chi connectivity index (χ1n) is 11.1. The molecule has 1 aromatic rings. The van der Waals surface area contributed by atoms with E-state index in [-0.39, 0.29) is 29.0 Å². The minimum Gasteiger partial charge on any atom is -0.493 e. The topological polar surface area (TPSA) is 68.8 Å². The van der Waals surface area contributed by atoms with Crippen LogP contribution < -0.4 is 20.1 Å². The van der Waals surface area contributed by atoms with Gasteiger partial charge in [0, 0.05) is 31.0 Å². The third-order valence-corrected chi connectivity index (χ3v) is 7.95. The monoisotopic (exact) mass is 416 g/mol. The summed E-state index contributed by atoms with van der Waals surface area (Å²) in [5.74, 6) is 2.59. The molecular weight excluding hydrogens is 380 g/mol. The Kier molecular flexibility index (Phi) is 5.52. The van der Waals surface area contributed by atoms with Gasteiger partial charge in [-0.05, 0) is 69.6 Å². The average Bonchev–Trinajstić information content (AvgIpc) is 2.70. The van der Waals surface area contributed by atoms with Crippen molar-refractivity contribution in [1.82, 2.24) is 10.6 Å². The lowest BCUT2D eigenvalue weighted by atomic mass is 9.52. The van der Waals surface area contributed by atoms with Crippen LogP contribution in [0.4, 0.5) is 0 Å². The fraction of sp³-hybridized carbons (Fsp3) is 0.708. The minimum atomic E-state index is -0.263. The van der Waals surface area contributed by atoms with Crippen molar-refractivity contribution < 1.29 is 19.0 Å². The lowest BCUT2D eigenvalue weighted by Crippen LogP contribution is -2.73. The van der Waals surface area contributed by atoms with Crippen LogP contribution in [0.3, 0.4) is 0 Å². The molecule has 30 heavy (non-hydrogen) atoms. The Morgan fingerprint density at radius 1 is 1.17 bits per heavy atom. The van der Waals surface area contributed by atoms with E-state index in [1.807, 2.05) is 12.1 Å². The maximum Gasteiger partial charge on any atom is 0.217 e. The standard InChI is InChI=1S/C24H36N2O4/c1-14-18-12-17(23(3,4)25-14)13-19-22(30-10-9-24(18,19)26-15(2)27)16-7-8-20(28-5)21(11-16)29-6/h7-8,11,14,17-19,22,25H,9-10,12-13H2,1-6H3,(H,26,27)/t14-,17?,18?,19+,22+,24+/m1/s1. The van der Waals surface area contributed by atoms with Crippen molar-refractivity contribution in [3.63, 3.8) is 0 Å². The van der Waals surface area contributed by atoms with Crippen molar-refractivity contribution in [3.8, 4) is 11.5 Å². The average molecular weight is 417 g/mol. The minimum absolute atomic E-state index is 0.0449. The molecular formula is C24H36N2O4. The predicted molar refractivity (Wildman–Crippen MR) is 116 cm³/mol. The smallest absolute Gasteiger partial charge is 0.217 e. The van der Waals surface area contributed by atoms with Gasteiger partial charge in [0.15, 0.2) is 11.5 Å². The summed E-state index contributed by atoms with van der Waals surface area (Å²) < 4.78 is 17.4. The van der Waals surface area contributed by atoms with Gasteiger partial charge in [0.05, 0.1) is 25.9 Å². The summed E-state index contributed by atoms with van der Waals surface area (Å²) in [5.41, 5.74) is 0.893. The number of carbonyl (C=O) groups is 1. The van der Waals surface area contributed by atoms with Gasteiger partial charge in [0.25, 0.3) is 0 Å². The molecule has 4 rings (SSSR count). The van der Waals surface area contributed by atoms with Crippen LogP contribution in [-0.2, 0) is 9.53 Å². The Balaban J connectivity index is 1.78. The first kappa shape index (κ1) is 21.4. The molecule has 3 fully saturated rings. The van der Waals surface area contributed by atoms with Crippen molar-refractivity contribution in [2.24, 2.45) is 17.8 Å². The molecule has 1 saturated carbocycles. The van der Waals surface area contributed by atoms with E-state index in [2.05, 4.69) is 37.5 Å². The highest BCUT2D eigenvalue weighted by Gasteiger charge is 2.61. The summed E-state index contributed by atoms with van der Waals surface area (Å²) in [7, 11) is 3.31. The molecule has 2 N–H and O–H groups in total. The zero-order valence-electron chi connectivity index (χ0n) is 19.1. The molecule has 6 heteroatoms.